The lowest BCUT2D eigenvalue weighted by Crippen LogP contribution is -2.26. The lowest BCUT2D eigenvalue weighted by Gasteiger charge is -2.10. The van der Waals surface area contributed by atoms with Gasteiger partial charge in [0, 0.05) is 17.5 Å². The average Bonchev–Trinajstić information content (AvgIpc) is 3.12. The molecule has 0 saturated carbocycles. The minimum Gasteiger partial charge on any atom is -0.265 e. The highest BCUT2D eigenvalue weighted by Crippen LogP contribution is 2.21. The van der Waals surface area contributed by atoms with Crippen molar-refractivity contribution in [2.24, 2.45) is 0 Å². The van der Waals surface area contributed by atoms with Gasteiger partial charge in [-0.05, 0) is 38.0 Å². The van der Waals surface area contributed by atoms with Crippen LogP contribution < -0.4 is 5.56 Å². The maximum absolute atomic E-state index is 13.2. The molecule has 4 rings (SSSR count). The van der Waals surface area contributed by atoms with E-state index in [2.05, 4.69) is 10.2 Å². The molecule has 0 bridgehead atoms. The molecule has 8 heteroatoms. The summed E-state index contributed by atoms with van der Waals surface area (Å²) in [5.74, 6) is 0. The molecule has 0 aliphatic rings. The van der Waals surface area contributed by atoms with Crippen molar-refractivity contribution in [2.45, 2.75) is 27.3 Å². The number of nitro groups is 1. The van der Waals surface area contributed by atoms with Gasteiger partial charge in [-0.25, -0.2) is 9.36 Å². The zero-order valence-electron chi connectivity index (χ0n) is 16.3. The molecule has 4 aromatic rings. The van der Waals surface area contributed by atoms with Crippen molar-refractivity contribution in [1.82, 2.24) is 19.6 Å². The molecule has 0 spiro atoms. The number of hydrogen-bond donors (Lipinski definition) is 0. The molecule has 29 heavy (non-hydrogen) atoms. The highest BCUT2D eigenvalue weighted by molar-refractivity contribution is 5.81. The Labute approximate surface area is 166 Å². The number of benzene rings is 2. The number of hydrogen-bond acceptors (Lipinski definition) is 5. The van der Waals surface area contributed by atoms with Gasteiger partial charge in [0.25, 0.3) is 11.2 Å². The minimum absolute atomic E-state index is 0.00797. The summed E-state index contributed by atoms with van der Waals surface area (Å²) >= 11 is 0. The molecule has 146 valence electrons. The lowest BCUT2D eigenvalue weighted by molar-refractivity contribution is -0.384. The zero-order valence-corrected chi connectivity index (χ0v) is 16.3. The van der Waals surface area contributed by atoms with Crippen LogP contribution in [0.2, 0.25) is 0 Å². The number of aryl methyl sites for hydroxylation is 3. The van der Waals surface area contributed by atoms with E-state index in [4.69, 9.17) is 0 Å². The quantitative estimate of drug-likeness (QED) is 0.393. The average molecular weight is 389 g/mol. The van der Waals surface area contributed by atoms with Crippen molar-refractivity contribution in [2.75, 3.05) is 0 Å². The SMILES string of the molecule is Cc1ccc(-n2ncc3c(C)nn(Cc4ccc([N+](=O)[O-])cc4)c(=O)c32)c(C)c1. The molecule has 0 N–H and O–H groups in total. The molecule has 0 unspecified atom stereocenters. The Morgan fingerprint density at radius 3 is 2.45 bits per heavy atom. The van der Waals surface area contributed by atoms with E-state index >= 15 is 0 Å². The lowest BCUT2D eigenvalue weighted by atomic mass is 10.1. The second-order valence-corrected chi connectivity index (χ2v) is 7.08. The summed E-state index contributed by atoms with van der Waals surface area (Å²) in [5, 5.41) is 20.4. The van der Waals surface area contributed by atoms with Crippen LogP contribution in [0.1, 0.15) is 22.4 Å². The van der Waals surface area contributed by atoms with E-state index in [0.717, 1.165) is 22.4 Å². The maximum Gasteiger partial charge on any atom is 0.293 e. The van der Waals surface area contributed by atoms with E-state index in [1.807, 2.05) is 39.0 Å². The Hall–Kier alpha value is -3.81. The number of non-ortho nitro benzene ring substituents is 1. The van der Waals surface area contributed by atoms with Gasteiger partial charge in [-0.1, -0.05) is 29.8 Å². The first-order valence-electron chi connectivity index (χ1n) is 9.11. The number of nitro benzene ring substituents is 1. The van der Waals surface area contributed by atoms with Crippen molar-refractivity contribution in [1.29, 1.82) is 0 Å². The van der Waals surface area contributed by atoms with Gasteiger partial charge in [-0.3, -0.25) is 14.9 Å². The molecule has 0 radical (unpaired) electrons. The molecule has 0 aliphatic carbocycles. The second-order valence-electron chi connectivity index (χ2n) is 7.08. The van der Waals surface area contributed by atoms with E-state index in [1.165, 1.54) is 16.8 Å². The molecular weight excluding hydrogens is 370 g/mol. The number of nitrogens with zero attached hydrogens (tertiary/aromatic N) is 5. The molecule has 2 aromatic carbocycles. The van der Waals surface area contributed by atoms with Crippen LogP contribution in [0.25, 0.3) is 16.6 Å². The minimum atomic E-state index is -0.452. The van der Waals surface area contributed by atoms with Crippen molar-refractivity contribution in [3.8, 4) is 5.69 Å². The molecule has 0 saturated heterocycles. The Bertz CT molecular complexity index is 1300. The van der Waals surface area contributed by atoms with Gasteiger partial charge < -0.3 is 0 Å². The van der Waals surface area contributed by atoms with Crippen LogP contribution in [0.5, 0.6) is 0 Å². The molecule has 8 nitrogen and oxygen atoms in total. The molecule has 0 atom stereocenters. The number of fused-ring (bicyclic) bond motifs is 1. The Balaban J connectivity index is 1.83. The van der Waals surface area contributed by atoms with Gasteiger partial charge in [-0.2, -0.15) is 10.2 Å². The topological polar surface area (TPSA) is 95.8 Å². The molecule has 0 aliphatic heterocycles. The fourth-order valence-corrected chi connectivity index (χ4v) is 3.45. The summed E-state index contributed by atoms with van der Waals surface area (Å²) in [4.78, 5) is 23.6. The fourth-order valence-electron chi connectivity index (χ4n) is 3.45. The van der Waals surface area contributed by atoms with E-state index in [0.29, 0.717) is 16.6 Å². The maximum atomic E-state index is 13.2. The first kappa shape index (κ1) is 18.5. The second kappa shape index (κ2) is 6.97. The number of aromatic nitrogens is 4. The number of rotatable bonds is 4. The van der Waals surface area contributed by atoms with Gasteiger partial charge in [0.1, 0.15) is 5.52 Å². The molecule has 2 aromatic heterocycles. The van der Waals surface area contributed by atoms with E-state index in [1.54, 1.807) is 23.0 Å². The first-order valence-corrected chi connectivity index (χ1v) is 9.11. The fraction of sp³-hybridized carbons (Fsp3) is 0.190. The summed E-state index contributed by atoms with van der Waals surface area (Å²) in [6.45, 7) is 6.05. The summed E-state index contributed by atoms with van der Waals surface area (Å²) in [6.07, 6.45) is 1.66. The third-order valence-corrected chi connectivity index (χ3v) is 4.93. The molecular formula is C21H19N5O3. The highest BCUT2D eigenvalue weighted by Gasteiger charge is 2.16. The Kier molecular flexibility index (Phi) is 4.46. The van der Waals surface area contributed by atoms with Crippen LogP contribution in [0.15, 0.2) is 53.5 Å². The van der Waals surface area contributed by atoms with Gasteiger partial charge in [-0.15, -0.1) is 0 Å². The van der Waals surface area contributed by atoms with Crippen molar-refractivity contribution < 1.29 is 4.92 Å². The summed E-state index contributed by atoms with van der Waals surface area (Å²) in [7, 11) is 0. The third kappa shape index (κ3) is 3.29. The standard InChI is InChI=1S/C21H19N5O3/c1-13-4-9-19(14(2)10-13)25-20-18(11-22-25)15(3)23-24(21(20)27)12-16-5-7-17(8-6-16)26(28)29/h4-11H,12H2,1-3H3. The Morgan fingerprint density at radius 2 is 1.79 bits per heavy atom. The monoisotopic (exact) mass is 389 g/mol. The summed E-state index contributed by atoms with van der Waals surface area (Å²) in [5.41, 5.74) is 4.65. The molecule has 0 fully saturated rings. The molecule has 2 heterocycles. The van der Waals surface area contributed by atoms with Crippen LogP contribution in [0.3, 0.4) is 0 Å². The summed E-state index contributed by atoms with van der Waals surface area (Å²) in [6, 6.07) is 12.1. The smallest absolute Gasteiger partial charge is 0.265 e. The van der Waals surface area contributed by atoms with Crippen molar-refractivity contribution >= 4 is 16.6 Å². The third-order valence-electron chi connectivity index (χ3n) is 4.93. The first-order chi connectivity index (χ1) is 13.8. The van der Waals surface area contributed by atoms with Crippen molar-refractivity contribution in [3.63, 3.8) is 0 Å². The van der Waals surface area contributed by atoms with E-state index in [-0.39, 0.29) is 17.8 Å². The van der Waals surface area contributed by atoms with Crippen LogP contribution in [0.4, 0.5) is 5.69 Å². The summed E-state index contributed by atoms with van der Waals surface area (Å²) < 4.78 is 3.04. The normalized spacial score (nSPS) is 11.1. The van der Waals surface area contributed by atoms with E-state index < -0.39 is 4.92 Å². The van der Waals surface area contributed by atoms with Crippen LogP contribution in [-0.4, -0.2) is 24.5 Å². The highest BCUT2D eigenvalue weighted by atomic mass is 16.6. The van der Waals surface area contributed by atoms with Crippen molar-refractivity contribution in [3.05, 3.63) is 91.5 Å². The van der Waals surface area contributed by atoms with Crippen LogP contribution in [0, 0.1) is 30.9 Å². The Morgan fingerprint density at radius 1 is 1.07 bits per heavy atom. The zero-order chi connectivity index (χ0) is 20.7. The predicted octanol–water partition coefficient (Wildman–Crippen LogP) is 3.46. The largest absolute Gasteiger partial charge is 0.293 e. The van der Waals surface area contributed by atoms with Crippen LogP contribution >= 0.6 is 0 Å². The van der Waals surface area contributed by atoms with Gasteiger partial charge >= 0.3 is 0 Å². The van der Waals surface area contributed by atoms with Gasteiger partial charge in [0.05, 0.1) is 29.0 Å². The predicted molar refractivity (Wildman–Crippen MR) is 110 cm³/mol. The van der Waals surface area contributed by atoms with Gasteiger partial charge in [0.15, 0.2) is 0 Å². The van der Waals surface area contributed by atoms with Crippen LogP contribution in [-0.2, 0) is 6.54 Å². The molecule has 0 amide bonds. The van der Waals surface area contributed by atoms with E-state index in [9.17, 15) is 14.9 Å². The van der Waals surface area contributed by atoms with Gasteiger partial charge in [0.2, 0.25) is 0 Å².